The second-order valence-corrected chi connectivity index (χ2v) is 8.90. The Labute approximate surface area is 180 Å². The van der Waals surface area contributed by atoms with Crippen molar-refractivity contribution in [2.24, 2.45) is 11.8 Å². The van der Waals surface area contributed by atoms with Crippen molar-refractivity contribution in [2.45, 2.75) is 72.4 Å². The lowest BCUT2D eigenvalue weighted by atomic mass is 9.88. The SMILES string of the molecule is CC[C@@H](C)NC(=O)[C@H](NC(=O)c1ccccc1C)C1CCN(C(=O)CC(C)C)CC1. The molecule has 3 amide bonds. The number of amides is 3. The van der Waals surface area contributed by atoms with Crippen LogP contribution in [-0.4, -0.2) is 47.8 Å². The van der Waals surface area contributed by atoms with Gasteiger partial charge >= 0.3 is 0 Å². The third kappa shape index (κ3) is 6.57. The lowest BCUT2D eigenvalue weighted by Gasteiger charge is -2.36. The molecular formula is C24H37N3O3. The van der Waals surface area contributed by atoms with Gasteiger partial charge in [-0.15, -0.1) is 0 Å². The third-order valence-corrected chi connectivity index (χ3v) is 5.91. The van der Waals surface area contributed by atoms with Crippen LogP contribution in [0.4, 0.5) is 0 Å². The molecule has 1 aromatic rings. The number of hydrogen-bond donors (Lipinski definition) is 2. The van der Waals surface area contributed by atoms with Crippen LogP contribution in [0.15, 0.2) is 24.3 Å². The standard InChI is InChI=1S/C24H37N3O3/c1-6-18(5)25-24(30)22(26-23(29)20-10-8-7-9-17(20)4)19-11-13-27(14-12-19)21(28)15-16(2)3/h7-10,16,18-19,22H,6,11-15H2,1-5H3,(H,25,30)(H,26,29)/t18-,22-/m1/s1. The maximum Gasteiger partial charge on any atom is 0.252 e. The molecule has 2 rings (SSSR count). The Hall–Kier alpha value is -2.37. The maximum atomic E-state index is 13.0. The van der Waals surface area contributed by atoms with Crippen molar-refractivity contribution in [3.8, 4) is 0 Å². The lowest BCUT2D eigenvalue weighted by Crippen LogP contribution is -2.55. The molecular weight excluding hydrogens is 378 g/mol. The maximum absolute atomic E-state index is 13.0. The predicted octanol–water partition coefficient (Wildman–Crippen LogP) is 3.29. The zero-order valence-corrected chi connectivity index (χ0v) is 19.0. The first kappa shape index (κ1) is 23.9. The van der Waals surface area contributed by atoms with Crippen LogP contribution in [0.5, 0.6) is 0 Å². The number of carbonyl (C=O) groups is 3. The largest absolute Gasteiger partial charge is 0.352 e. The molecule has 0 unspecified atom stereocenters. The highest BCUT2D eigenvalue weighted by molar-refractivity contribution is 5.98. The number of benzene rings is 1. The van der Waals surface area contributed by atoms with Gasteiger partial charge in [0.1, 0.15) is 6.04 Å². The molecule has 1 aromatic carbocycles. The molecule has 6 nitrogen and oxygen atoms in total. The zero-order chi connectivity index (χ0) is 22.3. The van der Waals surface area contributed by atoms with E-state index in [-0.39, 0.29) is 29.7 Å². The molecule has 2 atom stereocenters. The van der Waals surface area contributed by atoms with Crippen LogP contribution in [-0.2, 0) is 9.59 Å². The summed E-state index contributed by atoms with van der Waals surface area (Å²) in [5.74, 6) is 0.143. The van der Waals surface area contributed by atoms with Gasteiger partial charge in [-0.25, -0.2) is 0 Å². The molecule has 0 bridgehead atoms. The second-order valence-electron chi connectivity index (χ2n) is 8.90. The fraction of sp³-hybridized carbons (Fsp3) is 0.625. The van der Waals surface area contributed by atoms with Gasteiger partial charge in [-0.2, -0.15) is 0 Å². The number of nitrogens with one attached hydrogen (secondary N) is 2. The van der Waals surface area contributed by atoms with Crippen LogP contribution in [0.1, 0.15) is 69.3 Å². The van der Waals surface area contributed by atoms with E-state index in [4.69, 9.17) is 0 Å². The summed E-state index contributed by atoms with van der Waals surface area (Å²) < 4.78 is 0. The number of rotatable bonds is 8. The lowest BCUT2D eigenvalue weighted by molar-refractivity contribution is -0.133. The molecule has 0 aromatic heterocycles. The van der Waals surface area contributed by atoms with Gasteiger partial charge < -0.3 is 15.5 Å². The Morgan fingerprint density at radius 1 is 1.07 bits per heavy atom. The first-order valence-electron chi connectivity index (χ1n) is 11.2. The van der Waals surface area contributed by atoms with E-state index in [2.05, 4.69) is 10.6 Å². The van der Waals surface area contributed by atoms with Gasteiger partial charge in [0.25, 0.3) is 5.91 Å². The van der Waals surface area contributed by atoms with Gasteiger partial charge in [0.15, 0.2) is 0 Å². The van der Waals surface area contributed by atoms with Crippen molar-refractivity contribution in [1.29, 1.82) is 0 Å². The summed E-state index contributed by atoms with van der Waals surface area (Å²) in [4.78, 5) is 40.2. The van der Waals surface area contributed by atoms with Crippen LogP contribution in [0.2, 0.25) is 0 Å². The Morgan fingerprint density at radius 3 is 2.27 bits per heavy atom. The Kier molecular flexibility index (Phi) is 8.88. The minimum absolute atomic E-state index is 0.00474. The van der Waals surface area contributed by atoms with Gasteiger partial charge in [-0.3, -0.25) is 14.4 Å². The highest BCUT2D eigenvalue weighted by Crippen LogP contribution is 2.23. The predicted molar refractivity (Wildman–Crippen MR) is 119 cm³/mol. The summed E-state index contributed by atoms with van der Waals surface area (Å²) in [5, 5.41) is 6.02. The van der Waals surface area contributed by atoms with Crippen molar-refractivity contribution in [2.75, 3.05) is 13.1 Å². The molecule has 1 fully saturated rings. The van der Waals surface area contributed by atoms with Gasteiger partial charge in [0, 0.05) is 31.1 Å². The second kappa shape index (κ2) is 11.1. The summed E-state index contributed by atoms with van der Waals surface area (Å²) >= 11 is 0. The quantitative estimate of drug-likeness (QED) is 0.684. The van der Waals surface area contributed by atoms with Gasteiger partial charge in [-0.05, 0) is 56.6 Å². The first-order chi connectivity index (χ1) is 14.2. The van der Waals surface area contributed by atoms with E-state index in [1.165, 1.54) is 0 Å². The summed E-state index contributed by atoms with van der Waals surface area (Å²) in [6.45, 7) is 11.2. The Balaban J connectivity index is 2.10. The van der Waals surface area contributed by atoms with Gasteiger partial charge in [0.05, 0.1) is 0 Å². The van der Waals surface area contributed by atoms with Gasteiger partial charge in [0.2, 0.25) is 11.8 Å². The minimum Gasteiger partial charge on any atom is -0.352 e. The first-order valence-corrected chi connectivity index (χ1v) is 11.2. The topological polar surface area (TPSA) is 78.5 Å². The van der Waals surface area contributed by atoms with E-state index < -0.39 is 6.04 Å². The smallest absolute Gasteiger partial charge is 0.252 e. The number of aryl methyl sites for hydroxylation is 1. The van der Waals surface area contributed by atoms with Crippen molar-refractivity contribution in [1.82, 2.24) is 15.5 Å². The molecule has 1 aliphatic rings. The van der Waals surface area contributed by atoms with Crippen molar-refractivity contribution in [3.05, 3.63) is 35.4 Å². The van der Waals surface area contributed by atoms with Crippen LogP contribution in [0, 0.1) is 18.8 Å². The Morgan fingerprint density at radius 2 is 1.70 bits per heavy atom. The summed E-state index contributed by atoms with van der Waals surface area (Å²) in [6, 6.07) is 6.83. The molecule has 30 heavy (non-hydrogen) atoms. The van der Waals surface area contributed by atoms with Gasteiger partial charge in [-0.1, -0.05) is 39.0 Å². The normalized spacial score (nSPS) is 16.8. The zero-order valence-electron chi connectivity index (χ0n) is 19.0. The number of nitrogens with zero attached hydrogens (tertiary/aromatic N) is 1. The number of hydrogen-bond acceptors (Lipinski definition) is 3. The van der Waals surface area contributed by atoms with E-state index >= 15 is 0 Å². The fourth-order valence-corrected chi connectivity index (χ4v) is 3.84. The molecule has 0 saturated carbocycles. The monoisotopic (exact) mass is 415 g/mol. The fourth-order valence-electron chi connectivity index (χ4n) is 3.84. The van der Waals surface area contributed by atoms with Crippen molar-refractivity contribution >= 4 is 17.7 Å². The van der Waals surface area contributed by atoms with Crippen molar-refractivity contribution in [3.63, 3.8) is 0 Å². The number of carbonyl (C=O) groups excluding carboxylic acids is 3. The summed E-state index contributed by atoms with van der Waals surface area (Å²) in [7, 11) is 0. The number of likely N-dealkylation sites (tertiary alicyclic amines) is 1. The molecule has 0 spiro atoms. The molecule has 6 heteroatoms. The van der Waals surface area contributed by atoms with E-state index in [9.17, 15) is 14.4 Å². The molecule has 0 radical (unpaired) electrons. The minimum atomic E-state index is -0.603. The molecule has 1 saturated heterocycles. The summed E-state index contributed by atoms with van der Waals surface area (Å²) in [5.41, 5.74) is 1.47. The van der Waals surface area contributed by atoms with Crippen LogP contribution >= 0.6 is 0 Å². The van der Waals surface area contributed by atoms with E-state index in [1.807, 2.05) is 57.7 Å². The molecule has 166 valence electrons. The summed E-state index contributed by atoms with van der Waals surface area (Å²) in [6.07, 6.45) is 2.78. The number of piperidine rings is 1. The average Bonchev–Trinajstić information content (AvgIpc) is 2.71. The highest BCUT2D eigenvalue weighted by Gasteiger charge is 2.34. The van der Waals surface area contributed by atoms with E-state index in [0.29, 0.717) is 43.8 Å². The third-order valence-electron chi connectivity index (χ3n) is 5.91. The molecule has 2 N–H and O–H groups in total. The van der Waals surface area contributed by atoms with Crippen LogP contribution < -0.4 is 10.6 Å². The highest BCUT2D eigenvalue weighted by atomic mass is 16.2. The van der Waals surface area contributed by atoms with Crippen LogP contribution in [0.3, 0.4) is 0 Å². The molecule has 0 aliphatic carbocycles. The molecule has 1 aliphatic heterocycles. The van der Waals surface area contributed by atoms with E-state index in [0.717, 1.165) is 12.0 Å². The van der Waals surface area contributed by atoms with Crippen LogP contribution in [0.25, 0.3) is 0 Å². The average molecular weight is 416 g/mol. The molecule has 1 heterocycles. The Bertz CT molecular complexity index is 739. The van der Waals surface area contributed by atoms with E-state index in [1.54, 1.807) is 6.07 Å². The van der Waals surface area contributed by atoms with Crippen molar-refractivity contribution < 1.29 is 14.4 Å².